The smallest absolute Gasteiger partial charge is 0.228 e. The van der Waals surface area contributed by atoms with Crippen LogP contribution in [0.15, 0.2) is 78.9 Å². The monoisotopic (exact) mass is 513 g/mol. The van der Waals surface area contributed by atoms with Gasteiger partial charge in [-0.1, -0.05) is 92.4 Å². The number of aromatic nitrogens is 2. The third-order valence-electron chi connectivity index (χ3n) is 7.72. The molecule has 1 saturated carbocycles. The Labute approximate surface area is 223 Å². The molecule has 1 heterocycles. The molecular weight excluding hydrogens is 478 g/mol. The van der Waals surface area contributed by atoms with E-state index in [2.05, 4.69) is 45.2 Å². The lowest BCUT2D eigenvalue weighted by molar-refractivity contribution is -0.125. The lowest BCUT2D eigenvalue weighted by atomic mass is 9.80. The summed E-state index contributed by atoms with van der Waals surface area (Å²) in [5.74, 6) is 0.0623. The highest BCUT2D eigenvalue weighted by Crippen LogP contribution is 2.36. The number of nitrogens with one attached hydrogen (secondary N) is 2. The van der Waals surface area contributed by atoms with Crippen molar-refractivity contribution in [1.82, 2.24) is 14.9 Å². The standard InChI is InChI=1S/C31H35N3O2S/c35-21-27(23-10-6-3-7-11-23)32-30(36)29(24-12-4-1-2-5-13-24)25-18-16-22(17-19-25)20-34-28-15-9-8-14-26(28)33-31(34)37/h3,6-11,14-19,24,27,29,35H,1-2,4-5,12-13,20-21H2,(H,32,36)(H,33,37)/t27-,29?/m0/s1. The Morgan fingerprint density at radius 1 is 0.919 bits per heavy atom. The molecule has 2 atom stereocenters. The quantitative estimate of drug-likeness (QED) is 0.182. The number of aromatic amines is 1. The molecule has 1 aliphatic carbocycles. The van der Waals surface area contributed by atoms with Crippen molar-refractivity contribution in [1.29, 1.82) is 0 Å². The molecule has 4 aromatic rings. The molecule has 1 fully saturated rings. The van der Waals surface area contributed by atoms with Crippen LogP contribution in [0.5, 0.6) is 0 Å². The molecule has 0 radical (unpaired) electrons. The fourth-order valence-electron chi connectivity index (χ4n) is 5.74. The van der Waals surface area contributed by atoms with Gasteiger partial charge in [0.05, 0.1) is 36.1 Å². The van der Waals surface area contributed by atoms with E-state index in [9.17, 15) is 9.90 Å². The van der Waals surface area contributed by atoms with Crippen molar-refractivity contribution in [2.45, 2.75) is 57.0 Å². The van der Waals surface area contributed by atoms with Crippen LogP contribution in [0.3, 0.4) is 0 Å². The number of aliphatic hydroxyl groups excluding tert-OH is 1. The highest BCUT2D eigenvalue weighted by molar-refractivity contribution is 7.71. The van der Waals surface area contributed by atoms with Crippen molar-refractivity contribution in [3.63, 3.8) is 0 Å². The number of para-hydroxylation sites is 2. The first-order valence-corrected chi connectivity index (χ1v) is 13.8. The lowest BCUT2D eigenvalue weighted by Gasteiger charge is -2.28. The van der Waals surface area contributed by atoms with Crippen LogP contribution in [-0.4, -0.2) is 27.2 Å². The molecule has 5 rings (SSSR count). The van der Waals surface area contributed by atoms with Gasteiger partial charge in [0.2, 0.25) is 5.91 Å². The van der Waals surface area contributed by atoms with E-state index in [1.54, 1.807) is 0 Å². The zero-order valence-corrected chi connectivity index (χ0v) is 21.9. The van der Waals surface area contributed by atoms with Crippen LogP contribution in [0.2, 0.25) is 0 Å². The summed E-state index contributed by atoms with van der Waals surface area (Å²) in [6.45, 7) is 0.543. The van der Waals surface area contributed by atoms with Crippen molar-refractivity contribution in [2.75, 3.05) is 6.61 Å². The van der Waals surface area contributed by atoms with E-state index in [0.29, 0.717) is 17.2 Å². The third kappa shape index (κ3) is 5.86. The number of rotatable bonds is 8. The predicted molar refractivity (Wildman–Crippen MR) is 151 cm³/mol. The summed E-state index contributed by atoms with van der Waals surface area (Å²) in [6, 6.07) is 25.9. The molecule has 3 aromatic carbocycles. The van der Waals surface area contributed by atoms with Gasteiger partial charge in [0.1, 0.15) is 0 Å². The van der Waals surface area contributed by atoms with Gasteiger partial charge >= 0.3 is 0 Å². The summed E-state index contributed by atoms with van der Waals surface area (Å²) < 4.78 is 2.82. The van der Waals surface area contributed by atoms with Crippen molar-refractivity contribution in [3.8, 4) is 0 Å². The van der Waals surface area contributed by atoms with Gasteiger partial charge in [0.15, 0.2) is 4.77 Å². The van der Waals surface area contributed by atoms with Crippen LogP contribution in [0.1, 0.15) is 67.2 Å². The summed E-state index contributed by atoms with van der Waals surface area (Å²) in [4.78, 5) is 17.1. The summed E-state index contributed by atoms with van der Waals surface area (Å²) >= 11 is 5.58. The van der Waals surface area contributed by atoms with E-state index in [1.807, 2.05) is 48.5 Å². The normalized spacial score (nSPS) is 16.2. The van der Waals surface area contributed by atoms with Crippen LogP contribution >= 0.6 is 12.2 Å². The highest BCUT2D eigenvalue weighted by atomic mass is 32.1. The number of imidazole rings is 1. The average molecular weight is 514 g/mol. The molecule has 6 heteroatoms. The molecule has 0 saturated heterocycles. The Balaban J connectivity index is 1.40. The van der Waals surface area contributed by atoms with Crippen LogP contribution in [-0.2, 0) is 11.3 Å². The molecule has 0 spiro atoms. The first kappa shape index (κ1) is 25.4. The molecule has 1 unspecified atom stereocenters. The number of aliphatic hydroxyl groups is 1. The molecular formula is C31H35N3O2S. The maximum absolute atomic E-state index is 13.8. The van der Waals surface area contributed by atoms with Gasteiger partial charge < -0.3 is 20.0 Å². The van der Waals surface area contributed by atoms with E-state index in [0.717, 1.165) is 53.4 Å². The number of fused-ring (bicyclic) bond motifs is 1. The second-order valence-electron chi connectivity index (χ2n) is 10.2. The summed E-state index contributed by atoms with van der Waals surface area (Å²) in [6.07, 6.45) is 6.90. The second kappa shape index (κ2) is 11.9. The van der Waals surface area contributed by atoms with E-state index in [4.69, 9.17) is 12.2 Å². The van der Waals surface area contributed by atoms with Crippen LogP contribution in [0, 0.1) is 10.7 Å². The lowest BCUT2D eigenvalue weighted by Crippen LogP contribution is -2.37. The number of nitrogens with zero attached hydrogens (tertiary/aromatic N) is 1. The number of hydrogen-bond acceptors (Lipinski definition) is 3. The van der Waals surface area contributed by atoms with Crippen molar-refractivity contribution in [3.05, 3.63) is 100 Å². The van der Waals surface area contributed by atoms with Crippen molar-refractivity contribution < 1.29 is 9.90 Å². The zero-order chi connectivity index (χ0) is 25.6. The minimum absolute atomic E-state index is 0.00130. The van der Waals surface area contributed by atoms with E-state index >= 15 is 0 Å². The number of carbonyl (C=O) groups excluding carboxylic acids is 1. The van der Waals surface area contributed by atoms with Gasteiger partial charge in [0, 0.05) is 0 Å². The summed E-state index contributed by atoms with van der Waals surface area (Å²) in [5, 5.41) is 13.2. The third-order valence-corrected chi connectivity index (χ3v) is 8.04. The number of benzene rings is 3. The van der Waals surface area contributed by atoms with E-state index in [1.165, 1.54) is 12.8 Å². The molecule has 0 bridgehead atoms. The Morgan fingerprint density at radius 3 is 2.30 bits per heavy atom. The van der Waals surface area contributed by atoms with E-state index < -0.39 is 6.04 Å². The fraction of sp³-hybridized carbons (Fsp3) is 0.355. The number of hydrogen-bond donors (Lipinski definition) is 3. The molecule has 192 valence electrons. The Morgan fingerprint density at radius 2 is 1.59 bits per heavy atom. The Kier molecular flexibility index (Phi) is 8.17. The minimum Gasteiger partial charge on any atom is -0.394 e. The molecule has 1 amide bonds. The van der Waals surface area contributed by atoms with Gasteiger partial charge in [-0.15, -0.1) is 0 Å². The van der Waals surface area contributed by atoms with Crippen LogP contribution in [0.25, 0.3) is 11.0 Å². The van der Waals surface area contributed by atoms with Gasteiger partial charge in [-0.25, -0.2) is 0 Å². The first-order chi connectivity index (χ1) is 18.1. The number of H-pyrrole nitrogens is 1. The predicted octanol–water partition coefficient (Wildman–Crippen LogP) is 6.65. The summed E-state index contributed by atoms with van der Waals surface area (Å²) in [5.41, 5.74) is 5.22. The van der Waals surface area contributed by atoms with Crippen molar-refractivity contribution in [2.24, 2.45) is 5.92 Å². The van der Waals surface area contributed by atoms with Gasteiger partial charge in [-0.3, -0.25) is 4.79 Å². The van der Waals surface area contributed by atoms with Crippen molar-refractivity contribution >= 4 is 29.2 Å². The topological polar surface area (TPSA) is 70.0 Å². The molecule has 1 aliphatic rings. The number of carbonyl (C=O) groups is 1. The molecule has 1 aromatic heterocycles. The second-order valence-corrected chi connectivity index (χ2v) is 10.5. The van der Waals surface area contributed by atoms with Gasteiger partial charge in [-0.05, 0) is 59.8 Å². The highest BCUT2D eigenvalue weighted by Gasteiger charge is 2.31. The number of amides is 1. The molecule has 3 N–H and O–H groups in total. The minimum atomic E-state index is -0.412. The van der Waals surface area contributed by atoms with Crippen LogP contribution in [0.4, 0.5) is 0 Å². The zero-order valence-electron chi connectivity index (χ0n) is 21.1. The largest absolute Gasteiger partial charge is 0.394 e. The van der Waals surface area contributed by atoms with Gasteiger partial charge in [-0.2, -0.15) is 0 Å². The fourth-order valence-corrected chi connectivity index (χ4v) is 6.01. The van der Waals surface area contributed by atoms with Crippen LogP contribution < -0.4 is 5.32 Å². The van der Waals surface area contributed by atoms with E-state index in [-0.39, 0.29) is 18.4 Å². The van der Waals surface area contributed by atoms with Gasteiger partial charge in [0.25, 0.3) is 0 Å². The maximum Gasteiger partial charge on any atom is 0.228 e. The summed E-state index contributed by atoms with van der Waals surface area (Å²) in [7, 11) is 0. The maximum atomic E-state index is 13.8. The SMILES string of the molecule is O=C(N[C@@H](CO)c1ccccc1)C(c1ccc(Cn2c(=S)[nH]c3ccccc32)cc1)C1CCCCCC1. The molecule has 5 nitrogen and oxygen atoms in total. The molecule has 37 heavy (non-hydrogen) atoms. The average Bonchev–Trinajstić information content (AvgIpc) is 3.07. The Hall–Kier alpha value is -3.22. The Bertz CT molecular complexity index is 1370. The molecule has 0 aliphatic heterocycles. The first-order valence-electron chi connectivity index (χ1n) is 13.4.